The van der Waals surface area contributed by atoms with E-state index in [9.17, 15) is 4.79 Å². The molecule has 0 amide bonds. The fraction of sp³-hybridized carbons (Fsp3) is 0.458. The number of aryl methyl sites for hydroxylation is 2. The van der Waals surface area contributed by atoms with Crippen LogP contribution < -0.4 is 4.90 Å². The number of morpholine rings is 1. The number of aldehydes is 1. The van der Waals surface area contributed by atoms with E-state index in [1.54, 1.807) is 0 Å². The second-order valence-electron chi connectivity index (χ2n) is 8.04. The van der Waals surface area contributed by atoms with Gasteiger partial charge in [0.05, 0.1) is 18.8 Å². The summed E-state index contributed by atoms with van der Waals surface area (Å²) in [6.07, 6.45) is 3.55. The van der Waals surface area contributed by atoms with E-state index in [4.69, 9.17) is 4.74 Å². The van der Waals surface area contributed by atoms with Gasteiger partial charge in [-0.2, -0.15) is 0 Å². The molecule has 2 aromatic rings. The Morgan fingerprint density at radius 1 is 1.00 bits per heavy atom. The zero-order valence-corrected chi connectivity index (χ0v) is 17.4. The van der Waals surface area contributed by atoms with Crippen LogP contribution in [-0.4, -0.2) is 57.1 Å². The number of carbonyl (C=O) groups excluding carboxylic acids is 1. The van der Waals surface area contributed by atoms with Crippen molar-refractivity contribution >= 4 is 12.0 Å². The molecule has 1 aliphatic heterocycles. The first-order chi connectivity index (χ1) is 13.5. The number of ether oxygens (including phenoxy) is 1. The number of likely N-dealkylation sites (N-methyl/N-ethyl adjacent to an activating group) is 1. The van der Waals surface area contributed by atoms with Gasteiger partial charge < -0.3 is 14.4 Å². The smallest absolute Gasteiger partial charge is 0.140 e. The lowest BCUT2D eigenvalue weighted by atomic mass is 9.85. The standard InChI is InChI=1S/C24H32N2O2/c1-20-4-6-22(7-5-20)18-24(19-27,25(2)3)13-12-21-8-10-23(11-9-21)26-14-16-28-17-15-26/h4-11,19H,12-18H2,1-3H3. The monoisotopic (exact) mass is 380 g/mol. The van der Waals surface area contributed by atoms with Gasteiger partial charge in [-0.1, -0.05) is 42.0 Å². The third-order valence-corrected chi connectivity index (χ3v) is 5.90. The number of rotatable bonds is 8. The highest BCUT2D eigenvalue weighted by Gasteiger charge is 2.32. The Balaban J connectivity index is 1.67. The summed E-state index contributed by atoms with van der Waals surface area (Å²) in [6, 6.07) is 17.3. The van der Waals surface area contributed by atoms with Gasteiger partial charge >= 0.3 is 0 Å². The molecule has 2 aromatic carbocycles. The van der Waals surface area contributed by atoms with Crippen molar-refractivity contribution in [3.05, 3.63) is 65.2 Å². The lowest BCUT2D eigenvalue weighted by Gasteiger charge is -2.35. The molecular weight excluding hydrogens is 348 g/mol. The van der Waals surface area contributed by atoms with Crippen molar-refractivity contribution in [3.63, 3.8) is 0 Å². The highest BCUT2D eigenvalue weighted by molar-refractivity contribution is 5.65. The average molecular weight is 381 g/mol. The molecule has 150 valence electrons. The maximum Gasteiger partial charge on any atom is 0.140 e. The second-order valence-corrected chi connectivity index (χ2v) is 8.04. The number of anilines is 1. The molecule has 3 rings (SSSR count). The number of hydrogen-bond acceptors (Lipinski definition) is 4. The third-order valence-electron chi connectivity index (χ3n) is 5.90. The molecule has 4 heteroatoms. The van der Waals surface area contributed by atoms with E-state index < -0.39 is 5.54 Å². The highest BCUT2D eigenvalue weighted by Crippen LogP contribution is 2.25. The number of benzene rings is 2. The fourth-order valence-corrected chi connectivity index (χ4v) is 3.79. The summed E-state index contributed by atoms with van der Waals surface area (Å²) in [4.78, 5) is 16.6. The summed E-state index contributed by atoms with van der Waals surface area (Å²) >= 11 is 0. The lowest BCUT2D eigenvalue weighted by Crippen LogP contribution is -2.48. The Morgan fingerprint density at radius 3 is 2.18 bits per heavy atom. The molecule has 1 aliphatic rings. The third kappa shape index (κ3) is 5.00. The maximum atomic E-state index is 12.2. The van der Waals surface area contributed by atoms with Gasteiger partial charge in [0.1, 0.15) is 6.29 Å². The van der Waals surface area contributed by atoms with Gasteiger partial charge in [0.25, 0.3) is 0 Å². The molecule has 1 unspecified atom stereocenters. The quantitative estimate of drug-likeness (QED) is 0.656. The van der Waals surface area contributed by atoms with Gasteiger partial charge in [-0.3, -0.25) is 4.90 Å². The van der Waals surface area contributed by atoms with Gasteiger partial charge in [0, 0.05) is 18.8 Å². The van der Waals surface area contributed by atoms with E-state index in [0.717, 1.165) is 51.9 Å². The largest absolute Gasteiger partial charge is 0.378 e. The van der Waals surface area contributed by atoms with Crippen molar-refractivity contribution in [2.45, 2.75) is 31.7 Å². The first kappa shape index (κ1) is 20.6. The Kier molecular flexibility index (Phi) is 6.87. The number of nitrogens with zero attached hydrogens (tertiary/aromatic N) is 2. The van der Waals surface area contributed by atoms with Crippen molar-refractivity contribution in [2.75, 3.05) is 45.3 Å². The molecular formula is C24H32N2O2. The lowest BCUT2D eigenvalue weighted by molar-refractivity contribution is -0.117. The van der Waals surface area contributed by atoms with E-state index in [1.165, 1.54) is 22.4 Å². The van der Waals surface area contributed by atoms with Crippen LogP contribution >= 0.6 is 0 Å². The molecule has 0 spiro atoms. The van der Waals surface area contributed by atoms with E-state index in [1.807, 2.05) is 14.1 Å². The maximum absolute atomic E-state index is 12.2. The minimum Gasteiger partial charge on any atom is -0.378 e. The highest BCUT2D eigenvalue weighted by atomic mass is 16.5. The van der Waals surface area contributed by atoms with Gasteiger partial charge in [-0.05, 0) is 63.5 Å². The minimum absolute atomic E-state index is 0.488. The summed E-state index contributed by atoms with van der Waals surface area (Å²) in [5.74, 6) is 0. The van der Waals surface area contributed by atoms with Crippen molar-refractivity contribution in [1.82, 2.24) is 4.90 Å². The summed E-state index contributed by atoms with van der Waals surface area (Å²) in [5, 5.41) is 0. The Morgan fingerprint density at radius 2 is 1.61 bits per heavy atom. The van der Waals surface area contributed by atoms with E-state index in [0.29, 0.717) is 0 Å². The van der Waals surface area contributed by atoms with Crippen molar-refractivity contribution in [3.8, 4) is 0 Å². The van der Waals surface area contributed by atoms with Crippen LogP contribution in [0.4, 0.5) is 5.69 Å². The SMILES string of the molecule is Cc1ccc(CC(C=O)(CCc2ccc(N3CCOCC3)cc2)N(C)C)cc1. The summed E-state index contributed by atoms with van der Waals surface area (Å²) < 4.78 is 5.43. The molecule has 0 radical (unpaired) electrons. The van der Waals surface area contributed by atoms with E-state index in [2.05, 4.69) is 65.3 Å². The Bertz CT molecular complexity index is 749. The zero-order chi connectivity index (χ0) is 20.0. The van der Waals surface area contributed by atoms with E-state index in [-0.39, 0.29) is 0 Å². The zero-order valence-electron chi connectivity index (χ0n) is 17.4. The second kappa shape index (κ2) is 9.35. The van der Waals surface area contributed by atoms with Gasteiger partial charge in [0.15, 0.2) is 0 Å². The summed E-state index contributed by atoms with van der Waals surface area (Å²) in [6.45, 7) is 5.58. The molecule has 0 bridgehead atoms. The van der Waals surface area contributed by atoms with E-state index >= 15 is 0 Å². The normalized spacial score (nSPS) is 16.8. The van der Waals surface area contributed by atoms with Gasteiger partial charge in [-0.25, -0.2) is 0 Å². The van der Waals surface area contributed by atoms with Crippen LogP contribution in [0.1, 0.15) is 23.1 Å². The van der Waals surface area contributed by atoms with Crippen LogP contribution in [0.15, 0.2) is 48.5 Å². The van der Waals surface area contributed by atoms with Crippen LogP contribution in [0.3, 0.4) is 0 Å². The van der Waals surface area contributed by atoms with Crippen molar-refractivity contribution < 1.29 is 9.53 Å². The molecule has 1 fully saturated rings. The summed E-state index contributed by atoms with van der Waals surface area (Å²) in [7, 11) is 4.01. The van der Waals surface area contributed by atoms with Crippen molar-refractivity contribution in [1.29, 1.82) is 0 Å². The predicted octanol–water partition coefficient (Wildman–Crippen LogP) is 3.51. The number of hydrogen-bond donors (Lipinski definition) is 0. The Labute approximate surface area is 169 Å². The first-order valence-corrected chi connectivity index (χ1v) is 10.1. The first-order valence-electron chi connectivity index (χ1n) is 10.1. The van der Waals surface area contributed by atoms with Gasteiger partial charge in [0.2, 0.25) is 0 Å². The van der Waals surface area contributed by atoms with Crippen LogP contribution in [0, 0.1) is 6.92 Å². The molecule has 4 nitrogen and oxygen atoms in total. The molecule has 28 heavy (non-hydrogen) atoms. The predicted molar refractivity (Wildman–Crippen MR) is 115 cm³/mol. The molecule has 1 heterocycles. The minimum atomic E-state index is -0.488. The van der Waals surface area contributed by atoms with Gasteiger partial charge in [-0.15, -0.1) is 0 Å². The van der Waals surface area contributed by atoms with Crippen LogP contribution in [-0.2, 0) is 22.4 Å². The number of carbonyl (C=O) groups is 1. The molecule has 0 aromatic heterocycles. The van der Waals surface area contributed by atoms with Crippen LogP contribution in [0.25, 0.3) is 0 Å². The molecule has 0 saturated carbocycles. The average Bonchev–Trinajstić information content (AvgIpc) is 2.73. The molecule has 0 aliphatic carbocycles. The Hall–Kier alpha value is -2.17. The van der Waals surface area contributed by atoms with Crippen molar-refractivity contribution in [2.24, 2.45) is 0 Å². The molecule has 0 N–H and O–H groups in total. The molecule has 1 saturated heterocycles. The van der Waals surface area contributed by atoms with Crippen LogP contribution in [0.5, 0.6) is 0 Å². The van der Waals surface area contributed by atoms with Crippen LogP contribution in [0.2, 0.25) is 0 Å². The molecule has 1 atom stereocenters. The fourth-order valence-electron chi connectivity index (χ4n) is 3.79. The summed E-state index contributed by atoms with van der Waals surface area (Å²) in [5.41, 5.74) is 4.48. The topological polar surface area (TPSA) is 32.8 Å².